The van der Waals surface area contributed by atoms with Crippen LogP contribution in [0.4, 0.5) is 5.69 Å². The molecule has 0 unspecified atom stereocenters. The first kappa shape index (κ1) is 20.9. The Bertz CT molecular complexity index is 836. The summed E-state index contributed by atoms with van der Waals surface area (Å²) >= 11 is 0. The van der Waals surface area contributed by atoms with Crippen LogP contribution in [0, 0.1) is 0 Å². The van der Waals surface area contributed by atoms with E-state index < -0.39 is 0 Å². The average Bonchev–Trinajstić information content (AvgIpc) is 2.81. The lowest BCUT2D eigenvalue weighted by Crippen LogP contribution is -2.46. The van der Waals surface area contributed by atoms with E-state index in [0.717, 1.165) is 70.6 Å². The average molecular weight is 406 g/mol. The van der Waals surface area contributed by atoms with Gasteiger partial charge in [-0.1, -0.05) is 43.7 Å². The fourth-order valence-corrected chi connectivity index (χ4v) is 4.79. The zero-order valence-corrected chi connectivity index (χ0v) is 18.4. The molecule has 0 aliphatic carbocycles. The molecule has 2 heterocycles. The molecule has 1 amide bonds. The van der Waals surface area contributed by atoms with Crippen molar-refractivity contribution >= 4 is 11.6 Å². The predicted molar refractivity (Wildman–Crippen MR) is 124 cm³/mol. The molecule has 160 valence electrons. The van der Waals surface area contributed by atoms with Crippen LogP contribution in [0.25, 0.3) is 0 Å². The van der Waals surface area contributed by atoms with Crippen LogP contribution in [0.2, 0.25) is 0 Å². The van der Waals surface area contributed by atoms with Crippen LogP contribution in [0.1, 0.15) is 54.1 Å². The maximum atomic E-state index is 12.8. The van der Waals surface area contributed by atoms with Crippen LogP contribution in [0.15, 0.2) is 48.5 Å². The van der Waals surface area contributed by atoms with Crippen molar-refractivity contribution in [1.29, 1.82) is 0 Å². The third kappa shape index (κ3) is 5.04. The van der Waals surface area contributed by atoms with Crippen molar-refractivity contribution in [3.63, 3.8) is 0 Å². The predicted octanol–water partition coefficient (Wildman–Crippen LogP) is 4.59. The number of hydrogen-bond donors (Lipinski definition) is 0. The van der Waals surface area contributed by atoms with Gasteiger partial charge in [-0.25, -0.2) is 0 Å². The summed E-state index contributed by atoms with van der Waals surface area (Å²) in [5, 5.41) is 0. The van der Waals surface area contributed by atoms with Gasteiger partial charge in [-0.3, -0.25) is 9.69 Å². The lowest BCUT2D eigenvalue weighted by atomic mass is 10.1. The van der Waals surface area contributed by atoms with Crippen LogP contribution >= 0.6 is 0 Å². The monoisotopic (exact) mass is 405 g/mol. The molecule has 2 aromatic carbocycles. The molecule has 2 saturated heterocycles. The summed E-state index contributed by atoms with van der Waals surface area (Å²) in [4.78, 5) is 19.9. The SMILES string of the molecule is CCCc1ccccc1N1CCN(Cc2cccc(C(=O)N3CCCCC3)c2)CC1. The first-order valence-electron chi connectivity index (χ1n) is 11.7. The lowest BCUT2D eigenvalue weighted by Gasteiger charge is -2.37. The Morgan fingerprint density at radius 1 is 0.867 bits per heavy atom. The van der Waals surface area contributed by atoms with Gasteiger partial charge in [0.05, 0.1) is 0 Å². The Labute approximate surface area is 181 Å². The van der Waals surface area contributed by atoms with Gasteiger partial charge in [0.2, 0.25) is 0 Å². The third-order valence-corrected chi connectivity index (χ3v) is 6.45. The zero-order valence-electron chi connectivity index (χ0n) is 18.4. The number of carbonyl (C=O) groups excluding carboxylic acids is 1. The molecule has 0 spiro atoms. The van der Waals surface area contributed by atoms with E-state index >= 15 is 0 Å². The van der Waals surface area contributed by atoms with E-state index in [-0.39, 0.29) is 5.91 Å². The summed E-state index contributed by atoms with van der Waals surface area (Å²) in [6.45, 7) is 9.23. The molecular formula is C26H35N3O. The molecule has 0 radical (unpaired) electrons. The van der Waals surface area contributed by atoms with Crippen LogP contribution in [-0.4, -0.2) is 55.0 Å². The van der Waals surface area contributed by atoms with Crippen LogP contribution in [-0.2, 0) is 13.0 Å². The van der Waals surface area contributed by atoms with Gasteiger partial charge < -0.3 is 9.80 Å². The zero-order chi connectivity index (χ0) is 20.8. The van der Waals surface area contributed by atoms with Crippen molar-refractivity contribution in [2.45, 2.75) is 45.6 Å². The number of rotatable bonds is 6. The number of anilines is 1. The Balaban J connectivity index is 1.35. The van der Waals surface area contributed by atoms with Crippen molar-refractivity contribution in [3.8, 4) is 0 Å². The summed E-state index contributed by atoms with van der Waals surface area (Å²) < 4.78 is 0. The summed E-state index contributed by atoms with van der Waals surface area (Å²) in [7, 11) is 0. The highest BCUT2D eigenvalue weighted by molar-refractivity contribution is 5.94. The van der Waals surface area contributed by atoms with E-state index in [2.05, 4.69) is 53.1 Å². The summed E-state index contributed by atoms with van der Waals surface area (Å²) in [6, 6.07) is 17.2. The number of nitrogens with zero attached hydrogens (tertiary/aromatic N) is 3. The first-order chi connectivity index (χ1) is 14.7. The van der Waals surface area contributed by atoms with Gasteiger partial charge in [-0.05, 0) is 55.0 Å². The van der Waals surface area contributed by atoms with Crippen molar-refractivity contribution in [2.75, 3.05) is 44.2 Å². The quantitative estimate of drug-likeness (QED) is 0.703. The van der Waals surface area contributed by atoms with Crippen molar-refractivity contribution in [1.82, 2.24) is 9.80 Å². The van der Waals surface area contributed by atoms with Gasteiger partial charge in [0.15, 0.2) is 0 Å². The second kappa shape index (κ2) is 10.1. The molecule has 2 aliphatic heterocycles. The number of piperazine rings is 1. The number of aryl methyl sites for hydroxylation is 1. The molecule has 30 heavy (non-hydrogen) atoms. The Kier molecular flexibility index (Phi) is 7.06. The number of carbonyl (C=O) groups is 1. The van der Waals surface area contributed by atoms with E-state index in [1.54, 1.807) is 0 Å². The van der Waals surface area contributed by atoms with Crippen LogP contribution < -0.4 is 4.90 Å². The fourth-order valence-electron chi connectivity index (χ4n) is 4.79. The van der Waals surface area contributed by atoms with Crippen molar-refractivity contribution in [3.05, 3.63) is 65.2 Å². The molecule has 2 fully saturated rings. The van der Waals surface area contributed by atoms with Gasteiger partial charge in [-0.2, -0.15) is 0 Å². The largest absolute Gasteiger partial charge is 0.369 e. The molecule has 0 N–H and O–H groups in total. The lowest BCUT2D eigenvalue weighted by molar-refractivity contribution is 0.0724. The number of amides is 1. The van der Waals surface area contributed by atoms with Crippen molar-refractivity contribution < 1.29 is 4.79 Å². The Morgan fingerprint density at radius 2 is 1.63 bits per heavy atom. The minimum absolute atomic E-state index is 0.203. The van der Waals surface area contributed by atoms with Gasteiger partial charge in [0.1, 0.15) is 0 Å². The highest BCUT2D eigenvalue weighted by atomic mass is 16.2. The molecule has 0 bridgehead atoms. The fraction of sp³-hybridized carbons (Fsp3) is 0.500. The highest BCUT2D eigenvalue weighted by Gasteiger charge is 2.21. The molecular weight excluding hydrogens is 370 g/mol. The molecule has 0 atom stereocenters. The van der Waals surface area contributed by atoms with Crippen LogP contribution in [0.5, 0.6) is 0 Å². The highest BCUT2D eigenvalue weighted by Crippen LogP contribution is 2.24. The summed E-state index contributed by atoms with van der Waals surface area (Å²) in [6.07, 6.45) is 5.85. The number of piperidine rings is 1. The number of benzene rings is 2. The molecule has 4 nitrogen and oxygen atoms in total. The van der Waals surface area contributed by atoms with Crippen molar-refractivity contribution in [2.24, 2.45) is 0 Å². The minimum Gasteiger partial charge on any atom is -0.369 e. The Hall–Kier alpha value is -2.33. The molecule has 2 aromatic rings. The molecule has 4 rings (SSSR count). The van der Waals surface area contributed by atoms with E-state index in [0.29, 0.717) is 0 Å². The molecule has 2 aliphatic rings. The first-order valence-corrected chi connectivity index (χ1v) is 11.7. The number of likely N-dealkylation sites (tertiary alicyclic amines) is 1. The van der Waals surface area contributed by atoms with Gasteiger partial charge in [0, 0.05) is 57.1 Å². The third-order valence-electron chi connectivity index (χ3n) is 6.45. The summed E-state index contributed by atoms with van der Waals surface area (Å²) in [5.74, 6) is 0.203. The van der Waals surface area contributed by atoms with Gasteiger partial charge in [0.25, 0.3) is 5.91 Å². The van der Waals surface area contributed by atoms with Crippen LogP contribution in [0.3, 0.4) is 0 Å². The molecule has 4 heteroatoms. The van der Waals surface area contributed by atoms with E-state index in [9.17, 15) is 4.79 Å². The Morgan fingerprint density at radius 3 is 2.40 bits per heavy atom. The smallest absolute Gasteiger partial charge is 0.253 e. The van der Waals surface area contributed by atoms with Gasteiger partial charge >= 0.3 is 0 Å². The maximum absolute atomic E-state index is 12.8. The normalized spacial score (nSPS) is 17.9. The second-order valence-corrected chi connectivity index (χ2v) is 8.70. The second-order valence-electron chi connectivity index (χ2n) is 8.70. The topological polar surface area (TPSA) is 26.8 Å². The molecule has 0 saturated carbocycles. The summed E-state index contributed by atoms with van der Waals surface area (Å²) in [5.41, 5.74) is 4.98. The maximum Gasteiger partial charge on any atom is 0.253 e. The molecule has 0 aromatic heterocycles. The number of hydrogen-bond acceptors (Lipinski definition) is 3. The van der Waals surface area contributed by atoms with E-state index in [1.807, 2.05) is 17.0 Å². The van der Waals surface area contributed by atoms with E-state index in [4.69, 9.17) is 0 Å². The minimum atomic E-state index is 0.203. The van der Waals surface area contributed by atoms with Gasteiger partial charge in [-0.15, -0.1) is 0 Å². The number of para-hydroxylation sites is 1. The standard InChI is InChI=1S/C26H35N3O/c1-2-9-23-11-4-5-13-25(23)28-18-16-27(17-19-28)21-22-10-8-12-24(20-22)26(30)29-14-6-3-7-15-29/h4-5,8,10-13,20H,2-3,6-7,9,14-19,21H2,1H3. The van der Waals surface area contributed by atoms with E-state index in [1.165, 1.54) is 29.7 Å².